The topological polar surface area (TPSA) is 140 Å². The van der Waals surface area contributed by atoms with Crippen LogP contribution in [0.1, 0.15) is 5.56 Å². The van der Waals surface area contributed by atoms with E-state index < -0.39 is 10.1 Å². The SMILES string of the molecule is O=S(=O)(O)c1ccc2c(O)c(N=Nc3cc(CO)c(Cl)cc3O)ccc2c1. The second-order valence-electron chi connectivity index (χ2n) is 5.58. The van der Waals surface area contributed by atoms with Gasteiger partial charge in [0.05, 0.1) is 11.5 Å². The molecule has 0 aliphatic heterocycles. The molecule has 0 saturated heterocycles. The number of aromatic hydroxyl groups is 2. The number of aliphatic hydroxyl groups is 1. The molecule has 0 saturated carbocycles. The molecule has 0 radical (unpaired) electrons. The van der Waals surface area contributed by atoms with E-state index in [2.05, 4.69) is 10.2 Å². The van der Waals surface area contributed by atoms with Crippen LogP contribution in [0.25, 0.3) is 10.8 Å². The van der Waals surface area contributed by atoms with Crippen LogP contribution in [-0.2, 0) is 16.7 Å². The van der Waals surface area contributed by atoms with Crippen molar-refractivity contribution < 1.29 is 28.3 Å². The lowest BCUT2D eigenvalue weighted by Gasteiger charge is -2.06. The highest BCUT2D eigenvalue weighted by Gasteiger charge is 2.13. The quantitative estimate of drug-likeness (QED) is 0.379. The summed E-state index contributed by atoms with van der Waals surface area (Å²) >= 11 is 5.86. The fourth-order valence-electron chi connectivity index (χ4n) is 2.42. The normalized spacial score (nSPS) is 12.1. The number of fused-ring (bicyclic) bond motifs is 1. The number of aliphatic hydroxyl groups excluding tert-OH is 1. The van der Waals surface area contributed by atoms with Gasteiger partial charge < -0.3 is 15.3 Å². The van der Waals surface area contributed by atoms with Crippen molar-refractivity contribution in [3.63, 3.8) is 0 Å². The van der Waals surface area contributed by atoms with Crippen molar-refractivity contribution >= 4 is 43.9 Å². The largest absolute Gasteiger partial charge is 0.506 e. The summed E-state index contributed by atoms with van der Waals surface area (Å²) in [7, 11) is -4.36. The maximum atomic E-state index is 11.2. The highest BCUT2D eigenvalue weighted by atomic mass is 35.5. The summed E-state index contributed by atoms with van der Waals surface area (Å²) in [6, 6.07) is 9.17. The number of phenols is 2. The van der Waals surface area contributed by atoms with Crippen LogP contribution in [0.2, 0.25) is 5.02 Å². The fourth-order valence-corrected chi connectivity index (χ4v) is 3.16. The fraction of sp³-hybridized carbons (Fsp3) is 0.0588. The third kappa shape index (κ3) is 3.86. The molecule has 0 aliphatic carbocycles. The highest BCUT2D eigenvalue weighted by molar-refractivity contribution is 7.85. The lowest BCUT2D eigenvalue weighted by molar-refractivity contribution is 0.282. The number of benzene rings is 3. The Kier molecular flexibility index (Phi) is 5.03. The Morgan fingerprint density at radius 1 is 0.963 bits per heavy atom. The first-order chi connectivity index (χ1) is 12.7. The van der Waals surface area contributed by atoms with Gasteiger partial charge in [0.25, 0.3) is 10.1 Å². The number of nitrogens with zero attached hydrogens (tertiary/aromatic N) is 2. The Bertz CT molecular complexity index is 1180. The Hall–Kier alpha value is -2.72. The van der Waals surface area contributed by atoms with Crippen LogP contribution >= 0.6 is 11.6 Å². The summed E-state index contributed by atoms with van der Waals surface area (Å²) in [6.07, 6.45) is 0. The second-order valence-corrected chi connectivity index (χ2v) is 7.41. The third-order valence-corrected chi connectivity index (χ3v) is 5.02. The summed E-state index contributed by atoms with van der Waals surface area (Å²) in [6.45, 7) is -0.348. The van der Waals surface area contributed by atoms with Gasteiger partial charge in [-0.15, -0.1) is 10.2 Å². The van der Waals surface area contributed by atoms with Crippen LogP contribution in [0.4, 0.5) is 11.4 Å². The predicted octanol–water partition coefficient (Wildman–Crippen LogP) is 4.06. The highest BCUT2D eigenvalue weighted by Crippen LogP contribution is 2.38. The zero-order valence-electron chi connectivity index (χ0n) is 13.5. The van der Waals surface area contributed by atoms with Crippen molar-refractivity contribution in [1.29, 1.82) is 0 Å². The molecule has 27 heavy (non-hydrogen) atoms. The average molecular weight is 409 g/mol. The van der Waals surface area contributed by atoms with Crippen molar-refractivity contribution in [3.8, 4) is 11.5 Å². The van der Waals surface area contributed by atoms with Gasteiger partial charge in [-0.3, -0.25) is 4.55 Å². The molecule has 10 heteroatoms. The lowest BCUT2D eigenvalue weighted by atomic mass is 10.1. The third-order valence-electron chi connectivity index (χ3n) is 3.82. The van der Waals surface area contributed by atoms with Crippen LogP contribution in [0.5, 0.6) is 11.5 Å². The van der Waals surface area contributed by atoms with Gasteiger partial charge in [0.2, 0.25) is 0 Å². The maximum absolute atomic E-state index is 11.2. The first kappa shape index (κ1) is 19.1. The van der Waals surface area contributed by atoms with E-state index in [0.717, 1.165) is 6.07 Å². The Morgan fingerprint density at radius 2 is 1.67 bits per heavy atom. The van der Waals surface area contributed by atoms with E-state index in [9.17, 15) is 23.7 Å². The van der Waals surface area contributed by atoms with Gasteiger partial charge >= 0.3 is 0 Å². The minimum absolute atomic E-state index is 0.0460. The number of halogens is 1. The standard InChI is InChI=1S/C17H13ClN2O6S/c18-13-7-16(22)15(6-10(13)8-21)20-19-14-4-1-9-5-11(27(24,25)26)2-3-12(9)17(14)23/h1-7,21-23H,8H2,(H,24,25,26). The Balaban J connectivity index is 2.03. The van der Waals surface area contributed by atoms with Crippen molar-refractivity contribution in [2.45, 2.75) is 11.5 Å². The molecule has 0 heterocycles. The van der Waals surface area contributed by atoms with Crippen LogP contribution in [0.15, 0.2) is 57.6 Å². The van der Waals surface area contributed by atoms with Gasteiger partial charge in [0, 0.05) is 16.5 Å². The molecule has 0 spiro atoms. The monoisotopic (exact) mass is 408 g/mol. The van der Waals surface area contributed by atoms with Crippen molar-refractivity contribution in [2.75, 3.05) is 0 Å². The zero-order chi connectivity index (χ0) is 19.8. The van der Waals surface area contributed by atoms with E-state index in [-0.39, 0.29) is 39.4 Å². The molecule has 0 unspecified atom stereocenters. The van der Waals surface area contributed by atoms with E-state index in [0.29, 0.717) is 16.3 Å². The molecule has 3 aromatic rings. The first-order valence-corrected chi connectivity index (χ1v) is 9.29. The number of hydrogen-bond donors (Lipinski definition) is 4. The molecule has 140 valence electrons. The van der Waals surface area contributed by atoms with E-state index in [1.54, 1.807) is 0 Å². The lowest BCUT2D eigenvalue weighted by Crippen LogP contribution is -1.97. The molecule has 0 aromatic heterocycles. The van der Waals surface area contributed by atoms with E-state index in [1.807, 2.05) is 0 Å². The van der Waals surface area contributed by atoms with Gasteiger partial charge in [0.1, 0.15) is 17.1 Å². The van der Waals surface area contributed by atoms with Crippen LogP contribution in [-0.4, -0.2) is 28.3 Å². The molecule has 0 amide bonds. The average Bonchev–Trinajstić information content (AvgIpc) is 2.61. The molecule has 8 nitrogen and oxygen atoms in total. The molecule has 3 rings (SSSR count). The minimum atomic E-state index is -4.36. The van der Waals surface area contributed by atoms with E-state index in [1.165, 1.54) is 36.4 Å². The molecule has 0 aliphatic rings. The first-order valence-electron chi connectivity index (χ1n) is 7.48. The predicted molar refractivity (Wildman–Crippen MR) is 98.6 cm³/mol. The molecule has 0 fully saturated rings. The molecular formula is C17H13ClN2O6S. The van der Waals surface area contributed by atoms with E-state index in [4.69, 9.17) is 16.2 Å². The summed E-state index contributed by atoms with van der Waals surface area (Å²) in [4.78, 5) is -0.300. The maximum Gasteiger partial charge on any atom is 0.294 e. The van der Waals surface area contributed by atoms with E-state index >= 15 is 0 Å². The molecule has 0 bridgehead atoms. The van der Waals surface area contributed by atoms with Gasteiger partial charge in [0.15, 0.2) is 5.75 Å². The molecular weight excluding hydrogens is 396 g/mol. The van der Waals surface area contributed by atoms with Gasteiger partial charge in [-0.05, 0) is 41.3 Å². The second kappa shape index (κ2) is 7.12. The number of phenolic OH excluding ortho intramolecular Hbond substituents is 2. The summed E-state index contributed by atoms with van der Waals surface area (Å²) in [5, 5.41) is 38.0. The summed E-state index contributed by atoms with van der Waals surface area (Å²) in [5.74, 6) is -0.506. The summed E-state index contributed by atoms with van der Waals surface area (Å²) < 4.78 is 31.5. The van der Waals surface area contributed by atoms with Crippen LogP contribution < -0.4 is 0 Å². The van der Waals surface area contributed by atoms with Gasteiger partial charge in [-0.25, -0.2) is 0 Å². The number of azo groups is 1. The van der Waals surface area contributed by atoms with Gasteiger partial charge in [-0.1, -0.05) is 17.7 Å². The molecule has 3 aromatic carbocycles. The van der Waals surface area contributed by atoms with Crippen LogP contribution in [0.3, 0.4) is 0 Å². The van der Waals surface area contributed by atoms with Crippen molar-refractivity contribution in [3.05, 3.63) is 53.1 Å². The molecule has 4 N–H and O–H groups in total. The molecule has 0 atom stereocenters. The Labute approximate surface area is 158 Å². The minimum Gasteiger partial charge on any atom is -0.506 e. The zero-order valence-corrected chi connectivity index (χ0v) is 15.1. The number of hydrogen-bond acceptors (Lipinski definition) is 7. The van der Waals surface area contributed by atoms with Crippen molar-refractivity contribution in [2.24, 2.45) is 10.2 Å². The smallest absolute Gasteiger partial charge is 0.294 e. The van der Waals surface area contributed by atoms with Gasteiger partial charge in [-0.2, -0.15) is 8.42 Å². The Morgan fingerprint density at radius 3 is 2.33 bits per heavy atom. The number of rotatable bonds is 4. The van der Waals surface area contributed by atoms with Crippen molar-refractivity contribution in [1.82, 2.24) is 0 Å². The summed E-state index contributed by atoms with van der Waals surface area (Å²) in [5.41, 5.74) is 0.468. The van der Waals surface area contributed by atoms with Crippen LogP contribution in [0, 0.1) is 0 Å².